The van der Waals surface area contributed by atoms with Crippen LogP contribution in [0.4, 0.5) is 0 Å². The Morgan fingerprint density at radius 2 is 0.833 bits per heavy atom. The van der Waals surface area contributed by atoms with Gasteiger partial charge in [-0.1, -0.05) is 48.6 Å². The molecule has 0 aliphatic heterocycles. The maximum Gasteiger partial charge on any atom is -0.0313 e. The second kappa shape index (κ2) is 6.66. The fraction of sp³-hybridized carbons (Fsp3) is 0.333. The van der Waals surface area contributed by atoms with E-state index in [-0.39, 0.29) is 0 Å². The van der Waals surface area contributed by atoms with E-state index in [0.717, 1.165) is 12.8 Å². The molecule has 0 fully saturated rings. The van der Waals surface area contributed by atoms with Gasteiger partial charge in [0.15, 0.2) is 0 Å². The van der Waals surface area contributed by atoms with Crippen LogP contribution in [0.2, 0.25) is 0 Å². The van der Waals surface area contributed by atoms with Gasteiger partial charge in [0.25, 0.3) is 0 Å². The molecule has 0 N–H and O–H groups in total. The second-order valence-corrected chi connectivity index (χ2v) is 2.87. The number of rotatable bonds is 0. The van der Waals surface area contributed by atoms with Crippen LogP contribution < -0.4 is 0 Å². The molecule has 1 aliphatic carbocycles. The molecule has 0 unspecified atom stereocenters. The molecule has 0 aromatic carbocycles. The van der Waals surface area contributed by atoms with E-state index in [9.17, 15) is 0 Å². The van der Waals surface area contributed by atoms with Gasteiger partial charge >= 0.3 is 0 Å². The Balaban J connectivity index is 2.42. The predicted octanol–water partition coefficient (Wildman–Crippen LogP) is 3.79. The van der Waals surface area contributed by atoms with Gasteiger partial charge in [-0.25, -0.2) is 0 Å². The molecular weight excluding hydrogens is 144 g/mol. The fourth-order valence-electron chi connectivity index (χ4n) is 1.10. The Hall–Kier alpha value is -1.04. The fourth-order valence-corrected chi connectivity index (χ4v) is 1.10. The van der Waals surface area contributed by atoms with Gasteiger partial charge in [-0.15, -0.1) is 0 Å². The smallest absolute Gasteiger partial charge is 0.0313 e. The molecule has 0 nitrogen and oxygen atoms in total. The molecular formula is C12H16. The first-order chi connectivity index (χ1) is 6.00. The van der Waals surface area contributed by atoms with Crippen LogP contribution in [0.25, 0.3) is 0 Å². The van der Waals surface area contributed by atoms with E-state index in [1.54, 1.807) is 0 Å². The normalized spacial score (nSPS) is 29.3. The number of hydrogen-bond acceptors (Lipinski definition) is 0. The second-order valence-electron chi connectivity index (χ2n) is 2.87. The lowest BCUT2D eigenvalue weighted by Crippen LogP contribution is -1.68. The SMILES string of the molecule is C1=C\C=C/CC/C=C\CC\C=C/1. The van der Waals surface area contributed by atoms with Crippen LogP contribution in [0.15, 0.2) is 48.6 Å². The van der Waals surface area contributed by atoms with Crippen molar-refractivity contribution in [3.05, 3.63) is 48.6 Å². The van der Waals surface area contributed by atoms with Crippen molar-refractivity contribution in [2.24, 2.45) is 0 Å². The zero-order chi connectivity index (χ0) is 8.49. The minimum Gasteiger partial charge on any atom is -0.0882 e. The molecule has 0 saturated heterocycles. The van der Waals surface area contributed by atoms with E-state index in [1.165, 1.54) is 12.8 Å². The van der Waals surface area contributed by atoms with Crippen molar-refractivity contribution in [3.63, 3.8) is 0 Å². The van der Waals surface area contributed by atoms with Crippen LogP contribution in [-0.4, -0.2) is 0 Å². The molecule has 0 spiro atoms. The van der Waals surface area contributed by atoms with Crippen LogP contribution in [0.1, 0.15) is 25.7 Å². The zero-order valence-corrected chi connectivity index (χ0v) is 7.45. The number of hydrogen-bond donors (Lipinski definition) is 0. The molecule has 1 aliphatic rings. The van der Waals surface area contributed by atoms with Crippen LogP contribution >= 0.6 is 0 Å². The molecule has 0 amide bonds. The third kappa shape index (κ3) is 4.73. The quantitative estimate of drug-likeness (QED) is 0.473. The molecule has 0 heteroatoms. The van der Waals surface area contributed by atoms with Gasteiger partial charge in [0.2, 0.25) is 0 Å². The molecule has 0 bridgehead atoms. The summed E-state index contributed by atoms with van der Waals surface area (Å²) in [6.45, 7) is 0. The largest absolute Gasteiger partial charge is 0.0882 e. The Morgan fingerprint density at radius 1 is 0.417 bits per heavy atom. The van der Waals surface area contributed by atoms with E-state index < -0.39 is 0 Å². The monoisotopic (exact) mass is 160 g/mol. The Kier molecular flexibility index (Phi) is 5.02. The average Bonchev–Trinajstić information content (AvgIpc) is 2.05. The molecule has 0 aromatic rings. The molecule has 12 heavy (non-hydrogen) atoms. The summed E-state index contributed by atoms with van der Waals surface area (Å²) >= 11 is 0. The molecule has 1 rings (SSSR count). The molecule has 0 atom stereocenters. The summed E-state index contributed by atoms with van der Waals surface area (Å²) in [4.78, 5) is 0. The molecule has 0 aromatic heterocycles. The van der Waals surface area contributed by atoms with E-state index in [2.05, 4.69) is 48.6 Å². The highest BCUT2D eigenvalue weighted by molar-refractivity contribution is 5.11. The summed E-state index contributed by atoms with van der Waals surface area (Å²) in [5.74, 6) is 0. The number of allylic oxidation sites excluding steroid dienone is 8. The van der Waals surface area contributed by atoms with Crippen molar-refractivity contribution in [1.29, 1.82) is 0 Å². The van der Waals surface area contributed by atoms with Gasteiger partial charge in [-0.3, -0.25) is 0 Å². The molecule has 0 radical (unpaired) electrons. The van der Waals surface area contributed by atoms with E-state index in [4.69, 9.17) is 0 Å². The maximum atomic E-state index is 2.27. The first-order valence-electron chi connectivity index (χ1n) is 4.63. The molecule has 0 heterocycles. The van der Waals surface area contributed by atoms with Gasteiger partial charge in [-0.05, 0) is 25.7 Å². The third-order valence-electron chi connectivity index (χ3n) is 1.77. The van der Waals surface area contributed by atoms with Crippen LogP contribution in [0.5, 0.6) is 0 Å². The van der Waals surface area contributed by atoms with Gasteiger partial charge in [0.05, 0.1) is 0 Å². The Morgan fingerprint density at radius 3 is 1.33 bits per heavy atom. The highest BCUT2D eigenvalue weighted by Crippen LogP contribution is 1.99. The van der Waals surface area contributed by atoms with E-state index in [0.29, 0.717) is 0 Å². The van der Waals surface area contributed by atoms with Gasteiger partial charge in [0.1, 0.15) is 0 Å². The van der Waals surface area contributed by atoms with Crippen LogP contribution in [-0.2, 0) is 0 Å². The Bertz CT molecular complexity index is 182. The minimum atomic E-state index is 1.16. The zero-order valence-electron chi connectivity index (χ0n) is 7.45. The van der Waals surface area contributed by atoms with Crippen LogP contribution in [0.3, 0.4) is 0 Å². The van der Waals surface area contributed by atoms with Crippen molar-refractivity contribution in [2.45, 2.75) is 25.7 Å². The average molecular weight is 160 g/mol. The predicted molar refractivity (Wildman–Crippen MR) is 55.0 cm³/mol. The topological polar surface area (TPSA) is 0 Å². The summed E-state index contributed by atoms with van der Waals surface area (Å²) in [6.07, 6.45) is 22.0. The lowest BCUT2D eigenvalue weighted by molar-refractivity contribution is 1.00. The standard InChI is InChI=1S/C12H16/c1-2-4-6-8-10-12-11-9-7-5-3-1/h1-6,11-12H,7-10H2/b2-1-,5-3-,6-4-,12-11-. The maximum absolute atomic E-state index is 2.27. The minimum absolute atomic E-state index is 1.16. The lowest BCUT2D eigenvalue weighted by atomic mass is 10.2. The van der Waals surface area contributed by atoms with Gasteiger partial charge in [0, 0.05) is 0 Å². The summed E-state index contributed by atoms with van der Waals surface area (Å²) in [7, 11) is 0. The highest BCUT2D eigenvalue weighted by atomic mass is 13.9. The van der Waals surface area contributed by atoms with Crippen molar-refractivity contribution < 1.29 is 0 Å². The lowest BCUT2D eigenvalue weighted by Gasteiger charge is -1.89. The van der Waals surface area contributed by atoms with Crippen molar-refractivity contribution in [3.8, 4) is 0 Å². The van der Waals surface area contributed by atoms with E-state index in [1.807, 2.05) is 0 Å². The van der Waals surface area contributed by atoms with Crippen molar-refractivity contribution in [2.75, 3.05) is 0 Å². The Labute approximate surface area is 75.0 Å². The summed E-state index contributed by atoms with van der Waals surface area (Å²) in [5, 5.41) is 0. The van der Waals surface area contributed by atoms with E-state index >= 15 is 0 Å². The summed E-state index contributed by atoms with van der Waals surface area (Å²) in [6, 6.07) is 0. The third-order valence-corrected chi connectivity index (χ3v) is 1.77. The van der Waals surface area contributed by atoms with Gasteiger partial charge in [-0.2, -0.15) is 0 Å². The van der Waals surface area contributed by atoms with Crippen molar-refractivity contribution in [1.82, 2.24) is 0 Å². The van der Waals surface area contributed by atoms with Crippen molar-refractivity contribution >= 4 is 0 Å². The van der Waals surface area contributed by atoms with Gasteiger partial charge < -0.3 is 0 Å². The summed E-state index contributed by atoms with van der Waals surface area (Å²) in [5.41, 5.74) is 0. The first kappa shape index (κ1) is 9.05. The molecule has 0 saturated carbocycles. The van der Waals surface area contributed by atoms with Crippen LogP contribution in [0, 0.1) is 0 Å². The molecule has 64 valence electrons. The first-order valence-corrected chi connectivity index (χ1v) is 4.63. The summed E-state index contributed by atoms with van der Waals surface area (Å²) < 4.78 is 0. The highest BCUT2D eigenvalue weighted by Gasteiger charge is 1.78.